The zero-order chi connectivity index (χ0) is 22.5. The van der Waals surface area contributed by atoms with Gasteiger partial charge >= 0.3 is 10.1 Å². The molecule has 0 aliphatic rings. The largest absolute Gasteiger partial charge is 0.497 e. The summed E-state index contributed by atoms with van der Waals surface area (Å²) in [4.78, 5) is 32.2. The number of ketones is 1. The van der Waals surface area contributed by atoms with Gasteiger partial charge in [0.15, 0.2) is 4.90 Å². The van der Waals surface area contributed by atoms with Crippen LogP contribution in [0.3, 0.4) is 0 Å². The lowest BCUT2D eigenvalue weighted by molar-refractivity contribution is -0.387. The van der Waals surface area contributed by atoms with E-state index in [4.69, 9.17) is 9.29 Å². The minimum absolute atomic E-state index is 0.0778. The molecule has 0 bridgehead atoms. The number of methoxy groups -OCH3 is 1. The van der Waals surface area contributed by atoms with Gasteiger partial charge in [0.05, 0.1) is 29.8 Å². The van der Waals surface area contributed by atoms with Crippen molar-refractivity contribution in [3.05, 3.63) is 46.5 Å². The predicted octanol–water partition coefficient (Wildman–Crippen LogP) is 3.18. The first-order valence-electron chi connectivity index (χ1n) is 8.16. The summed E-state index contributed by atoms with van der Waals surface area (Å²) in [5, 5.41) is 21.3. The molecule has 13 heteroatoms. The van der Waals surface area contributed by atoms with Crippen molar-refractivity contribution in [2.45, 2.75) is 18.2 Å². The first-order valence-corrected chi connectivity index (χ1v) is 9.60. The molecule has 0 radical (unpaired) electrons. The van der Waals surface area contributed by atoms with E-state index in [1.165, 1.54) is 32.2 Å². The van der Waals surface area contributed by atoms with Gasteiger partial charge < -0.3 is 10.1 Å². The van der Waals surface area contributed by atoms with Crippen molar-refractivity contribution in [1.82, 2.24) is 0 Å². The molecule has 2 aromatic rings. The zero-order valence-electron chi connectivity index (χ0n) is 15.7. The van der Waals surface area contributed by atoms with Gasteiger partial charge in [0.2, 0.25) is 5.91 Å². The van der Waals surface area contributed by atoms with Crippen molar-refractivity contribution in [2.75, 3.05) is 12.4 Å². The Kier molecular flexibility index (Phi) is 6.92. The smallest absolute Gasteiger partial charge is 0.301 e. The molecular weight excluding hydrogens is 420 g/mol. The number of carbonyl (C=O) groups excluding carboxylic acids is 2. The first-order chi connectivity index (χ1) is 14.0. The number of nitro groups is 1. The molecule has 2 rings (SSSR count). The summed E-state index contributed by atoms with van der Waals surface area (Å²) in [6.07, 6.45) is -0.350. The summed E-state index contributed by atoms with van der Waals surface area (Å²) in [5.74, 6) is -0.537. The number of rotatable bonds is 8. The van der Waals surface area contributed by atoms with Crippen LogP contribution in [-0.2, 0) is 19.7 Å². The van der Waals surface area contributed by atoms with Crippen LogP contribution in [0.1, 0.15) is 13.3 Å². The van der Waals surface area contributed by atoms with Gasteiger partial charge in [-0.05, 0) is 31.2 Å². The molecular formula is C17H16N4O8S. The molecule has 1 amide bonds. The molecule has 0 saturated heterocycles. The topological polar surface area (TPSA) is 178 Å². The highest BCUT2D eigenvalue weighted by molar-refractivity contribution is 7.86. The number of hydrogen-bond acceptors (Lipinski definition) is 9. The SMILES string of the molecule is COc1ccc(N=Nc2ccc(S(=O)(=O)O)c([N+](=O)[O-])c2)c(NC(=O)CC(C)=O)c1. The summed E-state index contributed by atoms with van der Waals surface area (Å²) in [6.45, 7) is 1.26. The molecule has 158 valence electrons. The van der Waals surface area contributed by atoms with E-state index in [1.807, 2.05) is 0 Å². The van der Waals surface area contributed by atoms with Crippen molar-refractivity contribution in [2.24, 2.45) is 10.2 Å². The summed E-state index contributed by atoms with van der Waals surface area (Å²) in [6, 6.07) is 7.18. The fourth-order valence-corrected chi connectivity index (χ4v) is 2.93. The number of ether oxygens (including phenoxy) is 1. The van der Waals surface area contributed by atoms with Crippen LogP contribution in [0.4, 0.5) is 22.7 Å². The third-order valence-corrected chi connectivity index (χ3v) is 4.48. The maximum absolute atomic E-state index is 11.9. The highest BCUT2D eigenvalue weighted by atomic mass is 32.2. The van der Waals surface area contributed by atoms with Crippen molar-refractivity contribution in [1.29, 1.82) is 0 Å². The van der Waals surface area contributed by atoms with Crippen LogP contribution in [0, 0.1) is 10.1 Å². The lowest BCUT2D eigenvalue weighted by Gasteiger charge is -2.09. The zero-order valence-corrected chi connectivity index (χ0v) is 16.5. The molecule has 0 fully saturated rings. The molecule has 0 heterocycles. The lowest BCUT2D eigenvalue weighted by Crippen LogP contribution is -2.14. The van der Waals surface area contributed by atoms with Crippen LogP contribution in [-0.4, -0.2) is 36.7 Å². The molecule has 0 aliphatic heterocycles. The van der Waals surface area contributed by atoms with Gasteiger partial charge in [0.1, 0.15) is 17.2 Å². The van der Waals surface area contributed by atoms with E-state index in [-0.39, 0.29) is 29.3 Å². The minimum Gasteiger partial charge on any atom is -0.497 e. The number of nitrogens with one attached hydrogen (secondary N) is 1. The number of Topliss-reactive ketones (excluding diaryl/α,β-unsaturated/α-hetero) is 1. The fourth-order valence-electron chi connectivity index (χ4n) is 2.29. The second-order valence-corrected chi connectivity index (χ2v) is 7.28. The Morgan fingerprint density at radius 3 is 2.47 bits per heavy atom. The number of anilines is 1. The summed E-state index contributed by atoms with van der Waals surface area (Å²) >= 11 is 0. The Bertz CT molecular complexity index is 1140. The summed E-state index contributed by atoms with van der Waals surface area (Å²) in [7, 11) is -3.39. The highest BCUT2D eigenvalue weighted by Crippen LogP contribution is 2.33. The van der Waals surface area contributed by atoms with Crippen molar-refractivity contribution in [3.63, 3.8) is 0 Å². The van der Waals surface area contributed by atoms with Gasteiger partial charge in [0, 0.05) is 12.1 Å². The number of amides is 1. The normalized spacial score (nSPS) is 11.3. The second kappa shape index (κ2) is 9.19. The number of nitrogens with zero attached hydrogens (tertiary/aromatic N) is 3. The number of benzene rings is 2. The van der Waals surface area contributed by atoms with Gasteiger partial charge in [-0.2, -0.15) is 13.5 Å². The van der Waals surface area contributed by atoms with E-state index in [1.54, 1.807) is 0 Å². The molecule has 2 aromatic carbocycles. The summed E-state index contributed by atoms with van der Waals surface area (Å²) in [5.41, 5.74) is -0.632. The molecule has 0 unspecified atom stereocenters. The molecule has 0 saturated carbocycles. The molecule has 12 nitrogen and oxygen atoms in total. The van der Waals surface area contributed by atoms with E-state index in [2.05, 4.69) is 15.5 Å². The van der Waals surface area contributed by atoms with Crippen LogP contribution in [0.2, 0.25) is 0 Å². The molecule has 0 aromatic heterocycles. The van der Waals surface area contributed by atoms with Gasteiger partial charge in [-0.15, -0.1) is 5.11 Å². The number of azo groups is 1. The third kappa shape index (κ3) is 5.89. The minimum atomic E-state index is -4.80. The van der Waals surface area contributed by atoms with Crippen LogP contribution in [0.5, 0.6) is 5.75 Å². The van der Waals surface area contributed by atoms with Crippen molar-refractivity contribution >= 4 is 44.6 Å². The summed E-state index contributed by atoms with van der Waals surface area (Å²) < 4.78 is 36.7. The van der Waals surface area contributed by atoms with Crippen LogP contribution in [0.15, 0.2) is 51.5 Å². The van der Waals surface area contributed by atoms with Gasteiger partial charge in [0.25, 0.3) is 5.69 Å². The number of carbonyl (C=O) groups is 2. The van der Waals surface area contributed by atoms with Crippen LogP contribution < -0.4 is 10.1 Å². The number of hydrogen-bond donors (Lipinski definition) is 2. The number of nitro benzene ring substituents is 1. The Labute approximate surface area is 170 Å². The van der Waals surface area contributed by atoms with Crippen LogP contribution in [0.25, 0.3) is 0 Å². The monoisotopic (exact) mass is 436 g/mol. The third-order valence-electron chi connectivity index (χ3n) is 3.58. The van der Waals surface area contributed by atoms with E-state index in [0.29, 0.717) is 5.75 Å². The molecule has 0 aliphatic carbocycles. The van der Waals surface area contributed by atoms with Crippen LogP contribution >= 0.6 is 0 Å². The Morgan fingerprint density at radius 1 is 1.20 bits per heavy atom. The van der Waals surface area contributed by atoms with Crippen molar-refractivity contribution < 1.29 is 32.2 Å². The Hall–Kier alpha value is -3.71. The standard InChI is InChI=1S/C17H16N4O8S/c1-10(22)7-17(23)18-14-9-12(29-2)4-5-13(14)20-19-11-3-6-16(30(26,27)28)15(8-11)21(24)25/h3-6,8-9H,7H2,1-2H3,(H,18,23)(H,26,27,28). The first kappa shape index (κ1) is 22.6. The van der Waals surface area contributed by atoms with E-state index >= 15 is 0 Å². The van der Waals surface area contributed by atoms with Gasteiger partial charge in [-0.25, -0.2) is 0 Å². The van der Waals surface area contributed by atoms with E-state index in [0.717, 1.165) is 18.2 Å². The molecule has 0 atom stereocenters. The van der Waals surface area contributed by atoms with E-state index < -0.39 is 31.5 Å². The fraction of sp³-hybridized carbons (Fsp3) is 0.176. The lowest BCUT2D eigenvalue weighted by atomic mass is 10.2. The van der Waals surface area contributed by atoms with Gasteiger partial charge in [-0.3, -0.25) is 24.3 Å². The Balaban J connectivity index is 2.42. The van der Waals surface area contributed by atoms with Crippen molar-refractivity contribution in [3.8, 4) is 5.75 Å². The maximum atomic E-state index is 11.9. The molecule has 0 spiro atoms. The highest BCUT2D eigenvalue weighted by Gasteiger charge is 2.24. The quantitative estimate of drug-likeness (QED) is 0.208. The predicted molar refractivity (Wildman–Crippen MR) is 104 cm³/mol. The van der Waals surface area contributed by atoms with Gasteiger partial charge in [-0.1, -0.05) is 0 Å². The maximum Gasteiger partial charge on any atom is 0.301 e. The molecule has 30 heavy (non-hydrogen) atoms. The average Bonchev–Trinajstić information content (AvgIpc) is 2.65. The Morgan fingerprint density at radius 2 is 1.90 bits per heavy atom. The molecule has 2 N–H and O–H groups in total. The van der Waals surface area contributed by atoms with E-state index in [9.17, 15) is 28.1 Å². The second-order valence-electron chi connectivity index (χ2n) is 5.89. The average molecular weight is 436 g/mol.